The number of carbonyl (C=O) groups excluding carboxylic acids is 1. The number of carbonyl (C=O) groups is 1. The highest BCUT2D eigenvalue weighted by Gasteiger charge is 2.32. The number of benzene rings is 2. The first-order chi connectivity index (χ1) is 11.6. The Morgan fingerprint density at radius 3 is 2.54 bits per heavy atom. The van der Waals surface area contributed by atoms with Crippen LogP contribution in [-0.4, -0.2) is 28.9 Å². The van der Waals surface area contributed by atoms with Gasteiger partial charge < -0.3 is 9.84 Å². The third-order valence-corrected chi connectivity index (χ3v) is 4.58. The Morgan fingerprint density at radius 1 is 1.12 bits per heavy atom. The van der Waals surface area contributed by atoms with Gasteiger partial charge in [0.15, 0.2) is 0 Å². The Morgan fingerprint density at radius 2 is 1.83 bits per heavy atom. The largest absolute Gasteiger partial charge is 0.444 e. The van der Waals surface area contributed by atoms with Crippen LogP contribution in [0.3, 0.4) is 0 Å². The third kappa shape index (κ3) is 4.08. The van der Waals surface area contributed by atoms with Gasteiger partial charge in [-0.15, -0.1) is 0 Å². The zero-order valence-electron chi connectivity index (χ0n) is 13.3. The SMILES string of the molecule is O=C(OCc1ccccc1)N1CC(c2ccc(Cl)cc2)CCC1O. The van der Waals surface area contributed by atoms with Crippen LogP contribution in [0, 0.1) is 0 Å². The maximum Gasteiger partial charge on any atom is 0.412 e. The molecular formula is C19H20ClNO3. The zero-order chi connectivity index (χ0) is 16.9. The molecule has 3 rings (SSSR count). The number of halogens is 1. The highest BCUT2D eigenvalue weighted by atomic mass is 35.5. The van der Waals surface area contributed by atoms with Gasteiger partial charge in [-0.05, 0) is 36.1 Å². The summed E-state index contributed by atoms with van der Waals surface area (Å²) in [6.45, 7) is 0.644. The molecule has 2 unspecified atom stereocenters. The van der Waals surface area contributed by atoms with Crippen LogP contribution in [0.25, 0.3) is 0 Å². The molecule has 2 aromatic rings. The molecule has 24 heavy (non-hydrogen) atoms. The number of amides is 1. The van der Waals surface area contributed by atoms with Crippen LogP contribution in [-0.2, 0) is 11.3 Å². The van der Waals surface area contributed by atoms with Gasteiger partial charge in [0, 0.05) is 17.5 Å². The zero-order valence-corrected chi connectivity index (χ0v) is 14.0. The molecule has 0 radical (unpaired) electrons. The van der Waals surface area contributed by atoms with Gasteiger partial charge in [-0.3, -0.25) is 4.90 Å². The molecule has 1 amide bonds. The number of hydrogen-bond acceptors (Lipinski definition) is 3. The summed E-state index contributed by atoms with van der Waals surface area (Å²) in [5.74, 6) is 0.176. The predicted octanol–water partition coefficient (Wildman–Crippen LogP) is 4.17. The van der Waals surface area contributed by atoms with E-state index in [1.807, 2.05) is 54.6 Å². The molecule has 1 aliphatic rings. The summed E-state index contributed by atoms with van der Waals surface area (Å²) >= 11 is 5.93. The molecule has 2 atom stereocenters. The van der Waals surface area contributed by atoms with E-state index in [0.717, 1.165) is 17.5 Å². The molecule has 126 valence electrons. The number of hydrogen-bond donors (Lipinski definition) is 1. The number of aliphatic hydroxyl groups excluding tert-OH is 1. The Bertz CT molecular complexity index is 675. The van der Waals surface area contributed by atoms with Crippen LogP contribution in [0.2, 0.25) is 5.02 Å². The van der Waals surface area contributed by atoms with E-state index in [1.54, 1.807) is 0 Å². The van der Waals surface area contributed by atoms with Crippen molar-refractivity contribution in [3.63, 3.8) is 0 Å². The summed E-state index contributed by atoms with van der Waals surface area (Å²) in [5, 5.41) is 10.8. The average molecular weight is 346 g/mol. The van der Waals surface area contributed by atoms with Gasteiger partial charge >= 0.3 is 6.09 Å². The molecule has 4 nitrogen and oxygen atoms in total. The molecule has 1 saturated heterocycles. The maximum absolute atomic E-state index is 12.3. The number of likely N-dealkylation sites (tertiary alicyclic amines) is 1. The number of ether oxygens (including phenoxy) is 1. The van der Waals surface area contributed by atoms with Crippen molar-refractivity contribution in [2.45, 2.75) is 31.6 Å². The Kier molecular flexibility index (Phi) is 5.38. The van der Waals surface area contributed by atoms with Crippen molar-refractivity contribution < 1.29 is 14.6 Å². The van der Waals surface area contributed by atoms with E-state index in [9.17, 15) is 9.90 Å². The fourth-order valence-corrected chi connectivity index (χ4v) is 3.09. The van der Waals surface area contributed by atoms with Crippen LogP contribution in [0.4, 0.5) is 4.79 Å². The van der Waals surface area contributed by atoms with Crippen molar-refractivity contribution >= 4 is 17.7 Å². The van der Waals surface area contributed by atoms with Crippen molar-refractivity contribution in [2.75, 3.05) is 6.54 Å². The summed E-state index contributed by atoms with van der Waals surface area (Å²) in [6, 6.07) is 17.1. The van der Waals surface area contributed by atoms with Crippen molar-refractivity contribution in [3.8, 4) is 0 Å². The van der Waals surface area contributed by atoms with E-state index in [2.05, 4.69) is 0 Å². The number of piperidine rings is 1. The van der Waals surface area contributed by atoms with Gasteiger partial charge in [0.1, 0.15) is 12.8 Å². The normalized spacial score (nSPS) is 20.7. The topological polar surface area (TPSA) is 49.8 Å². The summed E-state index contributed by atoms with van der Waals surface area (Å²) in [5.41, 5.74) is 2.04. The molecule has 2 aromatic carbocycles. The number of rotatable bonds is 3. The van der Waals surface area contributed by atoms with E-state index in [-0.39, 0.29) is 12.5 Å². The molecule has 0 aliphatic carbocycles. The highest BCUT2D eigenvalue weighted by molar-refractivity contribution is 6.30. The van der Waals surface area contributed by atoms with Gasteiger partial charge in [-0.1, -0.05) is 54.1 Å². The Balaban J connectivity index is 1.62. The number of aliphatic hydroxyl groups is 1. The lowest BCUT2D eigenvalue weighted by atomic mass is 9.90. The second kappa shape index (κ2) is 7.69. The average Bonchev–Trinajstić information content (AvgIpc) is 2.62. The van der Waals surface area contributed by atoms with Gasteiger partial charge in [0.25, 0.3) is 0 Å². The minimum atomic E-state index is -0.795. The monoisotopic (exact) mass is 345 g/mol. The molecule has 1 aliphatic heterocycles. The molecule has 1 N–H and O–H groups in total. The van der Waals surface area contributed by atoms with E-state index >= 15 is 0 Å². The van der Waals surface area contributed by atoms with Crippen molar-refractivity contribution in [1.82, 2.24) is 4.90 Å². The number of nitrogens with zero attached hydrogens (tertiary/aromatic N) is 1. The molecular weight excluding hydrogens is 326 g/mol. The maximum atomic E-state index is 12.3. The minimum Gasteiger partial charge on any atom is -0.444 e. The third-order valence-electron chi connectivity index (χ3n) is 4.33. The highest BCUT2D eigenvalue weighted by Crippen LogP contribution is 2.30. The summed E-state index contributed by atoms with van der Waals surface area (Å²) in [6.07, 6.45) is 0.0840. The summed E-state index contributed by atoms with van der Waals surface area (Å²) in [7, 11) is 0. The predicted molar refractivity (Wildman–Crippen MR) is 92.8 cm³/mol. The van der Waals surface area contributed by atoms with E-state index in [1.165, 1.54) is 4.90 Å². The van der Waals surface area contributed by atoms with Crippen LogP contribution in [0.5, 0.6) is 0 Å². The second-order valence-electron chi connectivity index (χ2n) is 6.00. The van der Waals surface area contributed by atoms with Gasteiger partial charge in [-0.2, -0.15) is 0 Å². The van der Waals surface area contributed by atoms with Crippen LogP contribution in [0.1, 0.15) is 29.9 Å². The minimum absolute atomic E-state index is 0.176. The standard InChI is InChI=1S/C19H20ClNO3/c20-17-9-6-15(7-10-17)16-8-11-18(22)21(12-16)19(23)24-13-14-4-2-1-3-5-14/h1-7,9-10,16,18,22H,8,11-13H2. The molecule has 5 heteroatoms. The van der Waals surface area contributed by atoms with Gasteiger partial charge in [-0.25, -0.2) is 4.79 Å². The van der Waals surface area contributed by atoms with Crippen molar-refractivity contribution in [1.29, 1.82) is 0 Å². The Hall–Kier alpha value is -2.04. The second-order valence-corrected chi connectivity index (χ2v) is 6.44. The van der Waals surface area contributed by atoms with Crippen molar-refractivity contribution in [3.05, 3.63) is 70.7 Å². The lowest BCUT2D eigenvalue weighted by molar-refractivity contribution is -0.0290. The first-order valence-corrected chi connectivity index (χ1v) is 8.42. The molecule has 0 saturated carbocycles. The van der Waals surface area contributed by atoms with Gasteiger partial charge in [0.05, 0.1) is 0 Å². The molecule has 0 bridgehead atoms. The van der Waals surface area contributed by atoms with E-state index in [0.29, 0.717) is 18.0 Å². The molecule has 1 fully saturated rings. The van der Waals surface area contributed by atoms with Crippen LogP contribution >= 0.6 is 11.6 Å². The Labute approximate surface area is 146 Å². The summed E-state index contributed by atoms with van der Waals surface area (Å²) < 4.78 is 5.35. The van der Waals surface area contributed by atoms with E-state index in [4.69, 9.17) is 16.3 Å². The fraction of sp³-hybridized carbons (Fsp3) is 0.316. The smallest absolute Gasteiger partial charge is 0.412 e. The molecule has 1 heterocycles. The van der Waals surface area contributed by atoms with E-state index < -0.39 is 12.3 Å². The first kappa shape index (κ1) is 16.8. The molecule has 0 spiro atoms. The first-order valence-electron chi connectivity index (χ1n) is 8.04. The van der Waals surface area contributed by atoms with Crippen molar-refractivity contribution in [2.24, 2.45) is 0 Å². The quantitative estimate of drug-likeness (QED) is 0.908. The van der Waals surface area contributed by atoms with Crippen LogP contribution in [0.15, 0.2) is 54.6 Å². The van der Waals surface area contributed by atoms with Gasteiger partial charge in [0.2, 0.25) is 0 Å². The molecule has 0 aromatic heterocycles. The van der Waals surface area contributed by atoms with Crippen LogP contribution < -0.4 is 0 Å². The summed E-state index contributed by atoms with van der Waals surface area (Å²) in [4.78, 5) is 13.7. The fourth-order valence-electron chi connectivity index (χ4n) is 2.96. The lowest BCUT2D eigenvalue weighted by Crippen LogP contribution is -2.46. The lowest BCUT2D eigenvalue weighted by Gasteiger charge is -2.36.